The maximum atomic E-state index is 13.2. The fraction of sp³-hybridized carbons (Fsp3) is 0.250. The third-order valence-electron chi connectivity index (χ3n) is 4.76. The average molecular weight is 347 g/mol. The van der Waals surface area contributed by atoms with E-state index in [4.69, 9.17) is 0 Å². The number of imidazole rings is 1. The average Bonchev–Trinajstić information content (AvgIpc) is 3.23. The molecule has 1 fully saturated rings. The third kappa shape index (κ3) is 3.18. The van der Waals surface area contributed by atoms with Crippen LogP contribution >= 0.6 is 0 Å². The third-order valence-corrected chi connectivity index (χ3v) is 4.76. The Bertz CT molecular complexity index is 884. The van der Waals surface area contributed by atoms with Crippen LogP contribution in [-0.4, -0.2) is 51.5 Å². The molecule has 0 spiro atoms. The molecule has 0 bridgehead atoms. The van der Waals surface area contributed by atoms with Crippen LogP contribution in [0.3, 0.4) is 0 Å². The number of rotatable bonds is 3. The van der Waals surface area contributed by atoms with Crippen LogP contribution in [0.25, 0.3) is 5.69 Å². The number of carbonyl (C=O) groups is 1. The summed E-state index contributed by atoms with van der Waals surface area (Å²) in [7, 11) is 0. The fourth-order valence-corrected chi connectivity index (χ4v) is 3.34. The number of carbonyl (C=O) groups excluding carboxylic acids is 1. The van der Waals surface area contributed by atoms with Crippen molar-refractivity contribution in [3.63, 3.8) is 0 Å². The first kappa shape index (κ1) is 16.3. The predicted molar refractivity (Wildman–Crippen MR) is 101 cm³/mol. The molecule has 1 aliphatic rings. The summed E-state index contributed by atoms with van der Waals surface area (Å²) in [5.41, 5.74) is 3.82. The van der Waals surface area contributed by atoms with Crippen LogP contribution in [0, 0.1) is 6.92 Å². The van der Waals surface area contributed by atoms with Crippen LogP contribution < -0.4 is 4.90 Å². The molecule has 3 heterocycles. The summed E-state index contributed by atoms with van der Waals surface area (Å²) >= 11 is 0. The Kier molecular flexibility index (Phi) is 4.39. The van der Waals surface area contributed by atoms with Gasteiger partial charge in [0.15, 0.2) is 0 Å². The molecule has 6 nitrogen and oxygen atoms in total. The van der Waals surface area contributed by atoms with E-state index >= 15 is 0 Å². The number of nitrogens with zero attached hydrogens (tertiary/aromatic N) is 5. The van der Waals surface area contributed by atoms with E-state index in [0.717, 1.165) is 35.6 Å². The lowest BCUT2D eigenvalue weighted by atomic mass is 10.1. The standard InChI is InChI=1S/C20H21N5O/c1-16-2-3-19(25-9-8-22-15-25)18(14-16)20(26)24-12-10-23(11-13-24)17-4-6-21-7-5-17/h2-9,14-15H,10-13H2,1H3. The maximum absolute atomic E-state index is 13.2. The highest BCUT2D eigenvalue weighted by molar-refractivity contribution is 5.98. The van der Waals surface area contributed by atoms with Gasteiger partial charge >= 0.3 is 0 Å². The molecular weight excluding hydrogens is 326 g/mol. The van der Waals surface area contributed by atoms with E-state index in [1.165, 1.54) is 0 Å². The van der Waals surface area contributed by atoms with Crippen molar-refractivity contribution in [2.45, 2.75) is 6.92 Å². The van der Waals surface area contributed by atoms with Gasteiger partial charge in [0, 0.05) is 56.7 Å². The van der Waals surface area contributed by atoms with Gasteiger partial charge in [-0.3, -0.25) is 9.78 Å². The molecule has 1 saturated heterocycles. The first-order chi connectivity index (χ1) is 12.7. The summed E-state index contributed by atoms with van der Waals surface area (Å²) < 4.78 is 1.89. The van der Waals surface area contributed by atoms with Gasteiger partial charge in [-0.1, -0.05) is 11.6 Å². The summed E-state index contributed by atoms with van der Waals surface area (Å²) in [6.07, 6.45) is 8.92. The Morgan fingerprint density at radius 2 is 1.73 bits per heavy atom. The maximum Gasteiger partial charge on any atom is 0.256 e. The molecule has 3 aromatic rings. The van der Waals surface area contributed by atoms with Crippen molar-refractivity contribution >= 4 is 11.6 Å². The highest BCUT2D eigenvalue weighted by Crippen LogP contribution is 2.21. The van der Waals surface area contributed by atoms with Gasteiger partial charge in [0.05, 0.1) is 17.6 Å². The Morgan fingerprint density at radius 3 is 2.42 bits per heavy atom. The molecule has 1 aliphatic heterocycles. The highest BCUT2D eigenvalue weighted by atomic mass is 16.2. The molecule has 0 atom stereocenters. The van der Waals surface area contributed by atoms with Crippen LogP contribution in [0.15, 0.2) is 61.4 Å². The normalized spacial score (nSPS) is 14.5. The van der Waals surface area contributed by atoms with E-state index in [-0.39, 0.29) is 5.91 Å². The minimum absolute atomic E-state index is 0.0757. The minimum atomic E-state index is 0.0757. The molecule has 6 heteroatoms. The van der Waals surface area contributed by atoms with Crippen LogP contribution in [0.4, 0.5) is 5.69 Å². The Balaban J connectivity index is 1.53. The molecule has 4 rings (SSSR count). The summed E-state index contributed by atoms with van der Waals surface area (Å²) in [5, 5.41) is 0. The van der Waals surface area contributed by atoms with Gasteiger partial charge in [-0.25, -0.2) is 4.98 Å². The largest absolute Gasteiger partial charge is 0.368 e. The lowest BCUT2D eigenvalue weighted by Crippen LogP contribution is -2.49. The monoisotopic (exact) mass is 347 g/mol. The fourth-order valence-electron chi connectivity index (χ4n) is 3.34. The zero-order valence-electron chi connectivity index (χ0n) is 14.7. The van der Waals surface area contributed by atoms with Crippen molar-refractivity contribution < 1.29 is 4.79 Å². The second kappa shape index (κ2) is 7.00. The van der Waals surface area contributed by atoms with Gasteiger partial charge in [-0.05, 0) is 31.2 Å². The lowest BCUT2D eigenvalue weighted by molar-refractivity contribution is 0.0746. The number of aromatic nitrogens is 3. The number of pyridine rings is 1. The summed E-state index contributed by atoms with van der Waals surface area (Å²) in [6, 6.07) is 9.99. The molecule has 26 heavy (non-hydrogen) atoms. The molecule has 0 aliphatic carbocycles. The van der Waals surface area contributed by atoms with Gasteiger partial charge in [0.2, 0.25) is 0 Å². The minimum Gasteiger partial charge on any atom is -0.368 e. The molecular formula is C20H21N5O. The molecule has 0 radical (unpaired) electrons. The SMILES string of the molecule is Cc1ccc(-n2ccnc2)c(C(=O)N2CCN(c3ccncc3)CC2)c1. The molecule has 0 N–H and O–H groups in total. The van der Waals surface area contributed by atoms with Crippen LogP contribution in [0.1, 0.15) is 15.9 Å². The number of amides is 1. The smallest absolute Gasteiger partial charge is 0.256 e. The van der Waals surface area contributed by atoms with Gasteiger partial charge in [0.25, 0.3) is 5.91 Å². The van der Waals surface area contributed by atoms with Crippen molar-refractivity contribution in [1.82, 2.24) is 19.4 Å². The number of aryl methyl sites for hydroxylation is 1. The van der Waals surface area contributed by atoms with Crippen LogP contribution in [0.5, 0.6) is 0 Å². The van der Waals surface area contributed by atoms with E-state index in [2.05, 4.69) is 14.9 Å². The second-order valence-electron chi connectivity index (χ2n) is 6.48. The van der Waals surface area contributed by atoms with E-state index in [1.807, 2.05) is 52.9 Å². The van der Waals surface area contributed by atoms with Gasteiger partial charge in [0.1, 0.15) is 0 Å². The van der Waals surface area contributed by atoms with Gasteiger partial charge in [-0.2, -0.15) is 0 Å². The van der Waals surface area contributed by atoms with Crippen LogP contribution in [-0.2, 0) is 0 Å². The van der Waals surface area contributed by atoms with Crippen LogP contribution in [0.2, 0.25) is 0 Å². The first-order valence-corrected chi connectivity index (χ1v) is 8.75. The van der Waals surface area contributed by atoms with Gasteiger partial charge in [-0.15, -0.1) is 0 Å². The van der Waals surface area contributed by atoms with Gasteiger partial charge < -0.3 is 14.4 Å². The summed E-state index contributed by atoms with van der Waals surface area (Å²) in [5.74, 6) is 0.0757. The first-order valence-electron chi connectivity index (χ1n) is 8.75. The van der Waals surface area contributed by atoms with Crippen molar-refractivity contribution in [2.75, 3.05) is 31.1 Å². The quantitative estimate of drug-likeness (QED) is 0.731. The number of benzene rings is 1. The highest BCUT2D eigenvalue weighted by Gasteiger charge is 2.24. The zero-order valence-corrected chi connectivity index (χ0v) is 14.7. The van der Waals surface area contributed by atoms with E-state index in [0.29, 0.717) is 13.1 Å². The van der Waals surface area contributed by atoms with Crippen molar-refractivity contribution in [1.29, 1.82) is 0 Å². The number of hydrogen-bond donors (Lipinski definition) is 0. The second-order valence-corrected chi connectivity index (χ2v) is 6.48. The lowest BCUT2D eigenvalue weighted by Gasteiger charge is -2.36. The molecule has 0 saturated carbocycles. The number of piperazine rings is 1. The molecule has 1 aromatic carbocycles. The summed E-state index contributed by atoms with van der Waals surface area (Å²) in [4.78, 5) is 25.6. The Labute approximate surface area is 152 Å². The van der Waals surface area contributed by atoms with E-state index in [9.17, 15) is 4.79 Å². The van der Waals surface area contributed by atoms with E-state index in [1.54, 1.807) is 24.9 Å². The van der Waals surface area contributed by atoms with Crippen molar-refractivity contribution in [3.8, 4) is 5.69 Å². The van der Waals surface area contributed by atoms with Crippen molar-refractivity contribution in [2.24, 2.45) is 0 Å². The van der Waals surface area contributed by atoms with E-state index < -0.39 is 0 Å². The molecule has 132 valence electrons. The summed E-state index contributed by atoms with van der Waals surface area (Å²) in [6.45, 7) is 5.07. The molecule has 2 aromatic heterocycles. The topological polar surface area (TPSA) is 54.3 Å². The molecule has 0 unspecified atom stereocenters. The number of hydrogen-bond acceptors (Lipinski definition) is 4. The van der Waals surface area contributed by atoms with Crippen molar-refractivity contribution in [3.05, 3.63) is 72.6 Å². The zero-order chi connectivity index (χ0) is 17.9. The Morgan fingerprint density at radius 1 is 0.962 bits per heavy atom. The molecule has 1 amide bonds. The Hall–Kier alpha value is -3.15. The number of anilines is 1. The predicted octanol–water partition coefficient (Wildman–Crippen LogP) is 2.54.